The summed E-state index contributed by atoms with van der Waals surface area (Å²) in [6.07, 6.45) is 0. The number of hydrogen-bond donors (Lipinski definition) is 0. The molecule has 0 aromatic carbocycles. The van der Waals surface area contributed by atoms with Crippen molar-refractivity contribution < 1.29 is 0 Å². The molecule has 0 radical (unpaired) electrons. The standard InChI is InChI=1S/C6H11.2ClH.In/c1-5(2)6(3)4;;;/h1H2,2-4H3;2*1H;/q;;;+2/p-2. The van der Waals surface area contributed by atoms with Crippen LogP contribution >= 0.6 is 17.2 Å². The number of rotatable bonds is 2. The van der Waals surface area contributed by atoms with E-state index in [2.05, 4.69) is 20.8 Å². The quantitative estimate of drug-likeness (QED) is 0.674. The van der Waals surface area contributed by atoms with Crippen molar-refractivity contribution >= 4 is 36.2 Å². The molecule has 0 atom stereocenters. The summed E-state index contributed by atoms with van der Waals surface area (Å²) in [4.78, 5) is 0. The van der Waals surface area contributed by atoms with Gasteiger partial charge in [0, 0.05) is 0 Å². The fourth-order valence-corrected chi connectivity index (χ4v) is 6.03. The molecule has 0 aliphatic heterocycles. The van der Waals surface area contributed by atoms with Gasteiger partial charge in [0.05, 0.1) is 0 Å². The zero-order chi connectivity index (χ0) is 7.44. The molecule has 9 heavy (non-hydrogen) atoms. The predicted molar refractivity (Wildman–Crippen MR) is 46.3 cm³/mol. The van der Waals surface area contributed by atoms with Crippen LogP contribution in [-0.4, -0.2) is 19.1 Å². The van der Waals surface area contributed by atoms with Crippen molar-refractivity contribution in [3.05, 3.63) is 11.1 Å². The van der Waals surface area contributed by atoms with Crippen LogP contribution in [0, 0.1) is 0 Å². The van der Waals surface area contributed by atoms with E-state index in [4.69, 9.17) is 17.2 Å². The third kappa shape index (κ3) is 5.63. The molecule has 0 aromatic heterocycles. The summed E-state index contributed by atoms with van der Waals surface area (Å²) in [5, 5.41) is 0. The van der Waals surface area contributed by atoms with Crippen molar-refractivity contribution in [3.63, 3.8) is 0 Å². The number of halogens is 2. The molecule has 0 amide bonds. The first-order valence-corrected chi connectivity index (χ1v) is 13.6. The fourth-order valence-electron chi connectivity index (χ4n) is 0.436. The Balaban J connectivity index is 3.77. The fraction of sp³-hybridized carbons (Fsp3) is 0.667. The van der Waals surface area contributed by atoms with Crippen LogP contribution in [-0.2, 0) is 0 Å². The summed E-state index contributed by atoms with van der Waals surface area (Å²) in [5.74, 6) is 0. The first-order chi connectivity index (χ1) is 4.04. The van der Waals surface area contributed by atoms with Crippen LogP contribution in [0.5, 0.6) is 0 Å². The molecule has 0 saturated heterocycles. The molecule has 0 saturated carbocycles. The normalized spacial score (nSPS) is 9.00. The molecule has 0 spiro atoms. The zero-order valence-electron chi connectivity index (χ0n) is 6.04. The second kappa shape index (κ2) is 4.92. The van der Waals surface area contributed by atoms with Crippen LogP contribution in [0.1, 0.15) is 20.8 Å². The van der Waals surface area contributed by atoms with E-state index in [1.807, 2.05) is 0 Å². The molecule has 0 nitrogen and oxygen atoms in total. The predicted octanol–water partition coefficient (Wildman–Crippen LogP) is 3.31. The van der Waals surface area contributed by atoms with Crippen molar-refractivity contribution in [1.82, 2.24) is 0 Å². The van der Waals surface area contributed by atoms with Gasteiger partial charge >= 0.3 is 72.3 Å². The van der Waals surface area contributed by atoms with Gasteiger partial charge in [0.1, 0.15) is 0 Å². The van der Waals surface area contributed by atoms with Gasteiger partial charge in [-0.15, -0.1) is 0 Å². The Morgan fingerprint density at radius 1 is 1.22 bits per heavy atom. The van der Waals surface area contributed by atoms with E-state index in [0.29, 0.717) is 0 Å². The minimum absolute atomic E-state index is 0.993. The Hall–Kier alpha value is 1.19. The van der Waals surface area contributed by atoms with Gasteiger partial charge in [-0.2, -0.15) is 0 Å². The van der Waals surface area contributed by atoms with Gasteiger partial charge < -0.3 is 0 Å². The molecule has 0 rings (SSSR count). The topological polar surface area (TPSA) is 0 Å². The first-order valence-electron chi connectivity index (χ1n) is 2.95. The van der Waals surface area contributed by atoms with Gasteiger partial charge in [-0.1, -0.05) is 0 Å². The SMILES string of the molecule is CC(C)=C(C)[CH2][In]([Cl])[Cl]. The molecular formula is C6H11Cl2In. The monoisotopic (exact) mass is 268 g/mol. The Labute approximate surface area is 71.9 Å². The van der Waals surface area contributed by atoms with Crippen LogP contribution in [0.15, 0.2) is 11.1 Å². The van der Waals surface area contributed by atoms with Crippen molar-refractivity contribution in [2.75, 3.05) is 0 Å². The summed E-state index contributed by atoms with van der Waals surface area (Å²) in [6.45, 7) is 6.29. The Morgan fingerprint density at radius 3 is 1.78 bits per heavy atom. The molecule has 3 heteroatoms. The van der Waals surface area contributed by atoms with Gasteiger partial charge in [0.15, 0.2) is 0 Å². The van der Waals surface area contributed by atoms with E-state index in [1.54, 1.807) is 0 Å². The summed E-state index contributed by atoms with van der Waals surface area (Å²) in [7, 11) is 11.5. The molecule has 0 aliphatic rings. The molecular weight excluding hydrogens is 258 g/mol. The van der Waals surface area contributed by atoms with Crippen molar-refractivity contribution in [3.8, 4) is 0 Å². The average Bonchev–Trinajstić information content (AvgIpc) is 1.63. The third-order valence-electron chi connectivity index (χ3n) is 1.31. The minimum atomic E-state index is -1.99. The van der Waals surface area contributed by atoms with E-state index in [0.717, 1.165) is 4.18 Å². The Bertz CT molecular complexity index is 114. The van der Waals surface area contributed by atoms with Gasteiger partial charge in [0.25, 0.3) is 0 Å². The molecule has 0 bridgehead atoms. The van der Waals surface area contributed by atoms with E-state index in [9.17, 15) is 0 Å². The average molecular weight is 269 g/mol. The van der Waals surface area contributed by atoms with Gasteiger partial charge in [-0.05, 0) is 0 Å². The summed E-state index contributed by atoms with van der Waals surface area (Å²) < 4.78 is 0.993. The Morgan fingerprint density at radius 2 is 1.67 bits per heavy atom. The summed E-state index contributed by atoms with van der Waals surface area (Å²) in [6, 6.07) is 0. The maximum atomic E-state index is 5.76. The van der Waals surface area contributed by atoms with Crippen molar-refractivity contribution in [2.45, 2.75) is 24.9 Å². The molecule has 0 N–H and O–H groups in total. The Kier molecular flexibility index (Phi) is 5.57. The maximum absolute atomic E-state index is 5.76. The number of allylic oxidation sites excluding steroid dienone is 2. The van der Waals surface area contributed by atoms with Crippen LogP contribution < -0.4 is 0 Å². The van der Waals surface area contributed by atoms with Crippen LogP contribution in [0.4, 0.5) is 0 Å². The summed E-state index contributed by atoms with van der Waals surface area (Å²) in [5.41, 5.74) is 2.74. The van der Waals surface area contributed by atoms with Gasteiger partial charge in [0.2, 0.25) is 0 Å². The zero-order valence-corrected chi connectivity index (χ0v) is 10.8. The molecule has 0 aromatic rings. The van der Waals surface area contributed by atoms with Crippen LogP contribution in [0.2, 0.25) is 4.18 Å². The molecule has 52 valence electrons. The van der Waals surface area contributed by atoms with Crippen molar-refractivity contribution in [1.29, 1.82) is 0 Å². The van der Waals surface area contributed by atoms with E-state index < -0.39 is 19.1 Å². The van der Waals surface area contributed by atoms with Crippen molar-refractivity contribution in [2.24, 2.45) is 0 Å². The molecule has 0 unspecified atom stereocenters. The van der Waals surface area contributed by atoms with E-state index >= 15 is 0 Å². The molecule has 0 heterocycles. The first kappa shape index (κ1) is 10.2. The molecule has 0 fully saturated rings. The second-order valence-corrected chi connectivity index (χ2v) is 14.3. The van der Waals surface area contributed by atoms with Crippen LogP contribution in [0.3, 0.4) is 0 Å². The van der Waals surface area contributed by atoms with E-state index in [1.165, 1.54) is 11.1 Å². The van der Waals surface area contributed by atoms with E-state index in [-0.39, 0.29) is 0 Å². The van der Waals surface area contributed by atoms with Gasteiger partial charge in [-0.25, -0.2) is 0 Å². The third-order valence-corrected chi connectivity index (χ3v) is 6.01. The summed E-state index contributed by atoms with van der Waals surface area (Å²) >= 11 is -1.99. The number of hydrogen-bond acceptors (Lipinski definition) is 0. The van der Waals surface area contributed by atoms with Gasteiger partial charge in [-0.3, -0.25) is 0 Å². The molecule has 0 aliphatic carbocycles. The van der Waals surface area contributed by atoms with Crippen LogP contribution in [0.25, 0.3) is 0 Å². The second-order valence-electron chi connectivity index (χ2n) is 2.38.